The van der Waals surface area contributed by atoms with Gasteiger partial charge in [-0.25, -0.2) is 8.78 Å². The lowest BCUT2D eigenvalue weighted by molar-refractivity contribution is 0.102. The Hall–Kier alpha value is -3.43. The van der Waals surface area contributed by atoms with Crippen LogP contribution < -0.4 is 11.1 Å². The number of nitriles is 1. The molecule has 0 saturated heterocycles. The Balaban J connectivity index is 1.93. The number of nitrogen functional groups attached to an aromatic ring is 1. The molecule has 0 aliphatic carbocycles. The van der Waals surface area contributed by atoms with Crippen molar-refractivity contribution in [3.8, 4) is 6.07 Å². The smallest absolute Gasteiger partial charge is 0.257 e. The van der Waals surface area contributed by atoms with Gasteiger partial charge >= 0.3 is 0 Å². The van der Waals surface area contributed by atoms with Crippen molar-refractivity contribution < 1.29 is 13.6 Å². The van der Waals surface area contributed by atoms with Gasteiger partial charge in [0.25, 0.3) is 5.91 Å². The van der Waals surface area contributed by atoms with Crippen molar-refractivity contribution in [1.82, 2.24) is 0 Å². The Bertz CT molecular complexity index is 1170. The molecule has 3 aromatic rings. The number of aryl methyl sites for hydroxylation is 2. The summed E-state index contributed by atoms with van der Waals surface area (Å²) in [6.07, 6.45) is 0. The van der Waals surface area contributed by atoms with E-state index in [2.05, 4.69) is 11.4 Å². The fourth-order valence-electron chi connectivity index (χ4n) is 3.10. The molecule has 0 bridgehead atoms. The topological polar surface area (TPSA) is 78.9 Å². The number of amides is 1. The zero-order valence-electron chi connectivity index (χ0n) is 16.3. The van der Waals surface area contributed by atoms with Crippen LogP contribution in [0.3, 0.4) is 0 Å². The van der Waals surface area contributed by atoms with Gasteiger partial charge in [0.1, 0.15) is 0 Å². The van der Waals surface area contributed by atoms with E-state index in [1.807, 2.05) is 31.2 Å². The Morgan fingerprint density at radius 3 is 2.43 bits per heavy atom. The van der Waals surface area contributed by atoms with Gasteiger partial charge in [0.15, 0.2) is 11.6 Å². The Morgan fingerprint density at radius 2 is 1.80 bits per heavy atom. The number of hydrogen-bond acceptors (Lipinski definition) is 3. The van der Waals surface area contributed by atoms with E-state index in [-0.39, 0.29) is 5.56 Å². The van der Waals surface area contributed by atoms with Crippen LogP contribution >= 0.6 is 11.6 Å². The van der Waals surface area contributed by atoms with E-state index in [1.54, 1.807) is 13.0 Å². The highest BCUT2D eigenvalue weighted by molar-refractivity contribution is 6.32. The standard InChI is InChI=1S/C23H18ClF2N3O/c1-12-3-5-14(6-4-12)17(11-27)16-9-13(2)20(10-18(16)24)29-23(30)15-7-8-19(25)21(26)22(15)28/h3-10,17H,28H2,1-2H3,(H,29,30). The van der Waals surface area contributed by atoms with Crippen LogP contribution in [0.5, 0.6) is 0 Å². The summed E-state index contributed by atoms with van der Waals surface area (Å²) in [4.78, 5) is 12.5. The quantitative estimate of drug-likeness (QED) is 0.524. The summed E-state index contributed by atoms with van der Waals surface area (Å²) in [7, 11) is 0. The first-order chi connectivity index (χ1) is 14.2. The number of nitrogens with zero attached hydrogens (tertiary/aromatic N) is 1. The Morgan fingerprint density at radius 1 is 1.13 bits per heavy atom. The minimum atomic E-state index is -1.28. The molecule has 0 radical (unpaired) electrons. The number of nitrogens with one attached hydrogen (secondary N) is 1. The van der Waals surface area contributed by atoms with Crippen molar-refractivity contribution >= 4 is 28.9 Å². The normalized spacial score (nSPS) is 11.6. The van der Waals surface area contributed by atoms with Gasteiger partial charge in [-0.2, -0.15) is 5.26 Å². The second-order valence-corrected chi connectivity index (χ2v) is 7.35. The van der Waals surface area contributed by atoms with Crippen molar-refractivity contribution in [2.45, 2.75) is 19.8 Å². The summed E-state index contributed by atoms with van der Waals surface area (Å²) in [5.74, 6) is -3.69. The number of hydrogen-bond donors (Lipinski definition) is 2. The van der Waals surface area contributed by atoms with Crippen LogP contribution in [-0.4, -0.2) is 5.91 Å². The molecule has 0 heterocycles. The molecule has 30 heavy (non-hydrogen) atoms. The molecule has 4 nitrogen and oxygen atoms in total. The SMILES string of the molecule is Cc1ccc(C(C#N)c2cc(C)c(NC(=O)c3ccc(F)c(F)c3N)cc2Cl)cc1. The van der Waals surface area contributed by atoms with Crippen molar-refractivity contribution in [1.29, 1.82) is 5.26 Å². The zero-order chi connectivity index (χ0) is 22.0. The van der Waals surface area contributed by atoms with Crippen LogP contribution in [-0.2, 0) is 0 Å². The molecule has 152 valence electrons. The van der Waals surface area contributed by atoms with Gasteiger partial charge in [-0.1, -0.05) is 47.5 Å². The highest BCUT2D eigenvalue weighted by atomic mass is 35.5. The molecule has 3 aromatic carbocycles. The van der Waals surface area contributed by atoms with Gasteiger partial charge < -0.3 is 11.1 Å². The molecule has 7 heteroatoms. The fourth-order valence-corrected chi connectivity index (χ4v) is 3.37. The lowest BCUT2D eigenvalue weighted by Gasteiger charge is -2.16. The van der Waals surface area contributed by atoms with Gasteiger partial charge in [-0.3, -0.25) is 4.79 Å². The third-order valence-electron chi connectivity index (χ3n) is 4.82. The molecule has 0 aliphatic rings. The molecule has 0 spiro atoms. The maximum Gasteiger partial charge on any atom is 0.257 e. The maximum absolute atomic E-state index is 13.7. The lowest BCUT2D eigenvalue weighted by Crippen LogP contribution is -2.16. The zero-order valence-corrected chi connectivity index (χ0v) is 17.0. The lowest BCUT2D eigenvalue weighted by atomic mass is 9.90. The number of carbonyl (C=O) groups is 1. The molecule has 3 rings (SSSR count). The van der Waals surface area contributed by atoms with Crippen LogP contribution in [0.15, 0.2) is 48.5 Å². The fraction of sp³-hybridized carbons (Fsp3) is 0.130. The summed E-state index contributed by atoms with van der Waals surface area (Å²) >= 11 is 6.43. The predicted octanol–water partition coefficient (Wildman–Crippen LogP) is 5.73. The molecule has 1 amide bonds. The molecule has 3 N–H and O–H groups in total. The second-order valence-electron chi connectivity index (χ2n) is 6.94. The highest BCUT2D eigenvalue weighted by Gasteiger charge is 2.21. The van der Waals surface area contributed by atoms with Crippen LogP contribution in [0.2, 0.25) is 5.02 Å². The molecular formula is C23H18ClF2N3O. The monoisotopic (exact) mass is 425 g/mol. The first-order valence-corrected chi connectivity index (χ1v) is 9.41. The average Bonchev–Trinajstić information content (AvgIpc) is 2.71. The summed E-state index contributed by atoms with van der Waals surface area (Å²) in [5.41, 5.74) is 8.26. The van der Waals surface area contributed by atoms with E-state index < -0.39 is 29.1 Å². The number of benzene rings is 3. The highest BCUT2D eigenvalue weighted by Crippen LogP contribution is 2.34. The summed E-state index contributed by atoms with van der Waals surface area (Å²) < 4.78 is 26.9. The molecule has 0 fully saturated rings. The van der Waals surface area contributed by atoms with Gasteiger partial charge in [0.05, 0.1) is 23.2 Å². The van der Waals surface area contributed by atoms with Gasteiger partial charge in [-0.15, -0.1) is 0 Å². The van der Waals surface area contributed by atoms with Crippen LogP contribution in [0.25, 0.3) is 0 Å². The Labute approximate surface area is 177 Å². The number of anilines is 2. The van der Waals surface area contributed by atoms with Crippen LogP contribution in [0.1, 0.15) is 38.5 Å². The largest absolute Gasteiger partial charge is 0.396 e. The molecular weight excluding hydrogens is 408 g/mol. The van der Waals surface area contributed by atoms with Crippen molar-refractivity contribution in [3.63, 3.8) is 0 Å². The van der Waals surface area contributed by atoms with Crippen molar-refractivity contribution in [3.05, 3.63) is 93.0 Å². The third kappa shape index (κ3) is 4.12. The second kappa shape index (κ2) is 8.52. The van der Waals surface area contributed by atoms with Crippen LogP contribution in [0.4, 0.5) is 20.2 Å². The first kappa shape index (κ1) is 21.3. The van der Waals surface area contributed by atoms with Crippen molar-refractivity contribution in [2.75, 3.05) is 11.1 Å². The van der Waals surface area contributed by atoms with E-state index in [9.17, 15) is 18.8 Å². The molecule has 1 unspecified atom stereocenters. The van der Waals surface area contributed by atoms with E-state index in [1.165, 1.54) is 6.07 Å². The minimum Gasteiger partial charge on any atom is -0.396 e. The number of carbonyl (C=O) groups excluding carboxylic acids is 1. The van der Waals surface area contributed by atoms with Crippen LogP contribution in [0, 0.1) is 36.8 Å². The molecule has 0 aromatic heterocycles. The maximum atomic E-state index is 13.7. The first-order valence-electron chi connectivity index (χ1n) is 9.04. The number of nitrogens with two attached hydrogens (primary N) is 1. The summed E-state index contributed by atoms with van der Waals surface area (Å²) in [6, 6.07) is 15.0. The molecule has 0 saturated carbocycles. The predicted molar refractivity (Wildman–Crippen MR) is 114 cm³/mol. The average molecular weight is 426 g/mol. The molecule has 0 aliphatic heterocycles. The van der Waals surface area contributed by atoms with Gasteiger partial charge in [0, 0.05) is 10.7 Å². The summed E-state index contributed by atoms with van der Waals surface area (Å²) in [5, 5.41) is 12.6. The number of halogens is 3. The van der Waals surface area contributed by atoms with E-state index >= 15 is 0 Å². The Kier molecular flexibility index (Phi) is 6.04. The van der Waals surface area contributed by atoms with Gasteiger partial charge in [0.2, 0.25) is 0 Å². The number of rotatable bonds is 4. The summed E-state index contributed by atoms with van der Waals surface area (Å²) in [6.45, 7) is 3.70. The van der Waals surface area contributed by atoms with E-state index in [4.69, 9.17) is 17.3 Å². The van der Waals surface area contributed by atoms with E-state index in [0.29, 0.717) is 21.8 Å². The van der Waals surface area contributed by atoms with Crippen molar-refractivity contribution in [2.24, 2.45) is 0 Å². The van der Waals surface area contributed by atoms with Gasteiger partial charge in [-0.05, 0) is 48.7 Å². The van der Waals surface area contributed by atoms with E-state index in [0.717, 1.165) is 23.3 Å². The molecule has 1 atom stereocenters. The minimum absolute atomic E-state index is 0.192. The third-order valence-corrected chi connectivity index (χ3v) is 5.15.